The van der Waals surface area contributed by atoms with Gasteiger partial charge in [0.1, 0.15) is 6.10 Å². The fourth-order valence-corrected chi connectivity index (χ4v) is 0.675. The number of nitrogens with zero attached hydrogens (tertiary/aromatic N) is 2. The van der Waals surface area contributed by atoms with Crippen LogP contribution in [-0.2, 0) is 0 Å². The molecule has 1 heterocycles. The standard InChI is InChI=1S/C6H10N4O3/c1-8-5(12)4-9-6(13-10-4)3(11)2-7/h3,11H,2,7H2,1H3,(H,8,12)/t3-/m0/s1. The number of rotatable bonds is 3. The van der Waals surface area contributed by atoms with Crippen LogP contribution in [0.1, 0.15) is 22.6 Å². The summed E-state index contributed by atoms with van der Waals surface area (Å²) in [5.41, 5.74) is 5.14. The van der Waals surface area contributed by atoms with Crippen molar-refractivity contribution in [2.45, 2.75) is 6.10 Å². The van der Waals surface area contributed by atoms with Crippen molar-refractivity contribution in [3.8, 4) is 0 Å². The van der Waals surface area contributed by atoms with Gasteiger partial charge in [0, 0.05) is 13.6 Å². The van der Waals surface area contributed by atoms with Crippen molar-refractivity contribution in [3.63, 3.8) is 0 Å². The van der Waals surface area contributed by atoms with E-state index in [2.05, 4.69) is 20.0 Å². The molecule has 0 unspecified atom stereocenters. The maximum absolute atomic E-state index is 10.9. The third-order valence-corrected chi connectivity index (χ3v) is 1.38. The molecule has 0 radical (unpaired) electrons. The molecule has 7 nitrogen and oxygen atoms in total. The van der Waals surface area contributed by atoms with Crippen molar-refractivity contribution in [1.82, 2.24) is 15.5 Å². The highest BCUT2D eigenvalue weighted by molar-refractivity contribution is 5.89. The Kier molecular flexibility index (Phi) is 2.93. The van der Waals surface area contributed by atoms with Crippen LogP contribution < -0.4 is 11.1 Å². The zero-order valence-corrected chi connectivity index (χ0v) is 7.02. The normalized spacial score (nSPS) is 12.5. The van der Waals surface area contributed by atoms with E-state index in [1.165, 1.54) is 7.05 Å². The first-order valence-corrected chi connectivity index (χ1v) is 3.63. The molecule has 0 bridgehead atoms. The molecule has 0 aliphatic heterocycles. The van der Waals surface area contributed by atoms with Crippen LogP contribution in [0.2, 0.25) is 0 Å². The summed E-state index contributed by atoms with van der Waals surface area (Å²) in [6, 6.07) is 0. The van der Waals surface area contributed by atoms with E-state index < -0.39 is 12.0 Å². The minimum atomic E-state index is -1.02. The van der Waals surface area contributed by atoms with E-state index >= 15 is 0 Å². The monoisotopic (exact) mass is 186 g/mol. The molecule has 1 amide bonds. The van der Waals surface area contributed by atoms with Gasteiger partial charge in [-0.2, -0.15) is 4.98 Å². The topological polar surface area (TPSA) is 114 Å². The molecule has 0 aliphatic rings. The first-order chi connectivity index (χ1) is 6.19. The van der Waals surface area contributed by atoms with Crippen molar-refractivity contribution >= 4 is 5.91 Å². The van der Waals surface area contributed by atoms with E-state index in [0.29, 0.717) is 0 Å². The number of hydrogen-bond donors (Lipinski definition) is 3. The van der Waals surface area contributed by atoms with Gasteiger partial charge >= 0.3 is 0 Å². The molecule has 0 aromatic carbocycles. The minimum absolute atomic E-state index is 0.0324. The van der Waals surface area contributed by atoms with Gasteiger partial charge in [0.15, 0.2) is 0 Å². The first-order valence-electron chi connectivity index (χ1n) is 3.63. The molecular weight excluding hydrogens is 176 g/mol. The smallest absolute Gasteiger partial charge is 0.292 e. The first kappa shape index (κ1) is 9.62. The molecule has 0 saturated carbocycles. The van der Waals surface area contributed by atoms with Gasteiger partial charge in [-0.3, -0.25) is 4.79 Å². The number of aliphatic hydroxyl groups excluding tert-OH is 1. The number of nitrogens with one attached hydrogen (secondary N) is 1. The van der Waals surface area contributed by atoms with E-state index in [4.69, 9.17) is 10.8 Å². The second kappa shape index (κ2) is 3.97. The van der Waals surface area contributed by atoms with Gasteiger partial charge in [0.2, 0.25) is 0 Å². The third-order valence-electron chi connectivity index (χ3n) is 1.38. The Balaban J connectivity index is 2.80. The van der Waals surface area contributed by atoms with Gasteiger partial charge in [0.25, 0.3) is 17.6 Å². The number of carbonyl (C=O) groups excluding carboxylic acids is 1. The lowest BCUT2D eigenvalue weighted by Crippen LogP contribution is -2.19. The summed E-state index contributed by atoms with van der Waals surface area (Å²) < 4.78 is 4.59. The van der Waals surface area contributed by atoms with Crippen LogP contribution in [0.25, 0.3) is 0 Å². The highest BCUT2D eigenvalue weighted by Gasteiger charge is 2.17. The summed E-state index contributed by atoms with van der Waals surface area (Å²) in [7, 11) is 1.44. The number of amides is 1. The Morgan fingerprint density at radius 3 is 3.08 bits per heavy atom. The highest BCUT2D eigenvalue weighted by atomic mass is 16.5. The van der Waals surface area contributed by atoms with Crippen LogP contribution in [0.15, 0.2) is 4.52 Å². The fraction of sp³-hybridized carbons (Fsp3) is 0.500. The van der Waals surface area contributed by atoms with Crippen molar-refractivity contribution in [2.75, 3.05) is 13.6 Å². The second-order valence-corrected chi connectivity index (χ2v) is 2.29. The van der Waals surface area contributed by atoms with Crippen LogP contribution in [0.4, 0.5) is 0 Å². The Bertz CT molecular complexity index is 298. The Morgan fingerprint density at radius 2 is 2.54 bits per heavy atom. The molecule has 0 aliphatic carbocycles. The third kappa shape index (κ3) is 2.01. The quantitative estimate of drug-likeness (QED) is 0.525. The fourth-order valence-electron chi connectivity index (χ4n) is 0.675. The van der Waals surface area contributed by atoms with Crippen LogP contribution in [0.5, 0.6) is 0 Å². The number of carbonyl (C=O) groups is 1. The zero-order chi connectivity index (χ0) is 9.84. The van der Waals surface area contributed by atoms with Crippen LogP contribution in [-0.4, -0.2) is 34.7 Å². The SMILES string of the molecule is CNC(=O)c1noc([C@@H](O)CN)n1. The molecule has 1 rings (SSSR count). The van der Waals surface area contributed by atoms with E-state index in [-0.39, 0.29) is 18.3 Å². The molecule has 0 fully saturated rings. The van der Waals surface area contributed by atoms with Gasteiger partial charge in [-0.25, -0.2) is 0 Å². The summed E-state index contributed by atoms with van der Waals surface area (Å²) in [5, 5.41) is 14.8. The Hall–Kier alpha value is -1.47. The number of aliphatic hydroxyl groups is 1. The average molecular weight is 186 g/mol. The van der Waals surface area contributed by atoms with Crippen molar-refractivity contribution in [2.24, 2.45) is 5.73 Å². The van der Waals surface area contributed by atoms with Crippen molar-refractivity contribution in [3.05, 3.63) is 11.7 Å². The van der Waals surface area contributed by atoms with Crippen LogP contribution >= 0.6 is 0 Å². The molecule has 72 valence electrons. The molecule has 1 atom stereocenters. The van der Waals surface area contributed by atoms with E-state index in [0.717, 1.165) is 0 Å². The van der Waals surface area contributed by atoms with Gasteiger partial charge in [-0.05, 0) is 0 Å². The lowest BCUT2D eigenvalue weighted by molar-refractivity contribution is 0.0949. The Morgan fingerprint density at radius 1 is 1.85 bits per heavy atom. The van der Waals surface area contributed by atoms with Crippen LogP contribution in [0, 0.1) is 0 Å². The minimum Gasteiger partial charge on any atom is -0.382 e. The summed E-state index contributed by atoms with van der Waals surface area (Å²) in [6.07, 6.45) is -1.02. The lowest BCUT2D eigenvalue weighted by Gasteiger charge is -1.97. The molecule has 0 spiro atoms. The predicted molar refractivity (Wildman–Crippen MR) is 41.7 cm³/mol. The van der Waals surface area contributed by atoms with Crippen LogP contribution in [0.3, 0.4) is 0 Å². The maximum Gasteiger partial charge on any atom is 0.292 e. The number of aromatic nitrogens is 2. The summed E-state index contributed by atoms with van der Waals surface area (Å²) in [4.78, 5) is 14.6. The van der Waals surface area contributed by atoms with E-state index in [1.807, 2.05) is 0 Å². The Labute approximate surface area is 73.9 Å². The summed E-state index contributed by atoms with van der Waals surface area (Å²) >= 11 is 0. The zero-order valence-electron chi connectivity index (χ0n) is 7.02. The van der Waals surface area contributed by atoms with Gasteiger partial charge < -0.3 is 20.7 Å². The van der Waals surface area contributed by atoms with Gasteiger partial charge in [-0.15, -0.1) is 0 Å². The molecular formula is C6H10N4O3. The maximum atomic E-state index is 10.9. The highest BCUT2D eigenvalue weighted by Crippen LogP contribution is 2.07. The summed E-state index contributed by atoms with van der Waals surface area (Å²) in [6.45, 7) is -0.0324. The van der Waals surface area contributed by atoms with Crippen molar-refractivity contribution in [1.29, 1.82) is 0 Å². The molecule has 13 heavy (non-hydrogen) atoms. The van der Waals surface area contributed by atoms with E-state index in [1.54, 1.807) is 0 Å². The number of nitrogens with two attached hydrogens (primary N) is 1. The van der Waals surface area contributed by atoms with Gasteiger partial charge in [0.05, 0.1) is 0 Å². The second-order valence-electron chi connectivity index (χ2n) is 2.29. The molecule has 7 heteroatoms. The molecule has 1 aromatic heterocycles. The average Bonchev–Trinajstić information content (AvgIpc) is 2.64. The predicted octanol–water partition coefficient (Wildman–Crippen LogP) is -1.58. The lowest BCUT2D eigenvalue weighted by atomic mass is 10.4. The summed E-state index contributed by atoms with van der Waals surface area (Å²) in [5.74, 6) is -0.648. The molecule has 0 saturated heterocycles. The largest absolute Gasteiger partial charge is 0.382 e. The molecule has 1 aromatic rings. The van der Waals surface area contributed by atoms with Gasteiger partial charge in [-0.1, -0.05) is 5.16 Å². The molecule has 4 N–H and O–H groups in total. The number of hydrogen-bond acceptors (Lipinski definition) is 6. The van der Waals surface area contributed by atoms with E-state index in [9.17, 15) is 4.79 Å². The van der Waals surface area contributed by atoms with Crippen molar-refractivity contribution < 1.29 is 14.4 Å².